The van der Waals surface area contributed by atoms with Crippen molar-refractivity contribution >= 4 is 6.09 Å². The van der Waals surface area contributed by atoms with Gasteiger partial charge in [-0.15, -0.1) is 0 Å². The highest BCUT2D eigenvalue weighted by molar-refractivity contribution is 5.69. The van der Waals surface area contributed by atoms with Crippen molar-refractivity contribution in [2.75, 3.05) is 13.2 Å². The van der Waals surface area contributed by atoms with Crippen LogP contribution in [0, 0.1) is 0 Å². The number of benzene rings is 1. The molecule has 0 aliphatic carbocycles. The van der Waals surface area contributed by atoms with Crippen molar-refractivity contribution in [2.24, 2.45) is 0 Å². The maximum Gasteiger partial charge on any atom is 0.412 e. The van der Waals surface area contributed by atoms with Crippen LogP contribution in [0.25, 0.3) is 0 Å². The van der Waals surface area contributed by atoms with E-state index in [1.165, 1.54) is 0 Å². The number of hydrogen-bond donors (Lipinski definition) is 0. The van der Waals surface area contributed by atoms with E-state index in [1.807, 2.05) is 37.3 Å². The minimum atomic E-state index is -0.620. The van der Waals surface area contributed by atoms with E-state index in [0.29, 0.717) is 13.2 Å². The van der Waals surface area contributed by atoms with Crippen molar-refractivity contribution < 1.29 is 19.3 Å². The second kappa shape index (κ2) is 3.72. The van der Waals surface area contributed by atoms with Crippen LogP contribution in [0.1, 0.15) is 12.5 Å². The molecule has 1 aromatic carbocycles. The number of cyclic esters (lactones) is 1. The number of nitrogens with zero attached hydrogens (tertiary/aromatic N) is 1. The van der Waals surface area contributed by atoms with Gasteiger partial charge in [-0.05, 0) is 12.5 Å². The number of carbonyl (C=O) groups excluding carboxylic acids is 1. The SMILES string of the molecule is C[C@@]1(c2ccccc2)OOC1N1CCOC1=O. The highest BCUT2D eigenvalue weighted by Crippen LogP contribution is 2.42. The van der Waals surface area contributed by atoms with Gasteiger partial charge in [-0.25, -0.2) is 14.6 Å². The number of hydrogen-bond acceptors (Lipinski definition) is 4. The van der Waals surface area contributed by atoms with E-state index in [9.17, 15) is 4.79 Å². The first-order valence-corrected chi connectivity index (χ1v) is 5.55. The van der Waals surface area contributed by atoms with Crippen molar-refractivity contribution in [3.8, 4) is 0 Å². The van der Waals surface area contributed by atoms with E-state index in [1.54, 1.807) is 4.90 Å². The zero-order valence-corrected chi connectivity index (χ0v) is 9.46. The third-order valence-corrected chi connectivity index (χ3v) is 3.21. The summed E-state index contributed by atoms with van der Waals surface area (Å²) in [6.45, 7) is 2.85. The molecule has 5 heteroatoms. The molecule has 2 atom stereocenters. The minimum absolute atomic E-state index is 0.347. The molecule has 0 bridgehead atoms. The molecule has 3 rings (SSSR count). The number of ether oxygens (including phenoxy) is 1. The fraction of sp³-hybridized carbons (Fsp3) is 0.417. The third-order valence-electron chi connectivity index (χ3n) is 3.21. The van der Waals surface area contributed by atoms with Gasteiger partial charge in [0, 0.05) is 0 Å². The van der Waals surface area contributed by atoms with Crippen LogP contribution in [0.5, 0.6) is 0 Å². The summed E-state index contributed by atoms with van der Waals surface area (Å²) in [5.41, 5.74) is 0.362. The van der Waals surface area contributed by atoms with Gasteiger partial charge in [-0.2, -0.15) is 0 Å². The highest BCUT2D eigenvalue weighted by Gasteiger charge is 2.55. The maximum absolute atomic E-state index is 11.5. The molecule has 0 spiro atoms. The fourth-order valence-corrected chi connectivity index (χ4v) is 2.16. The summed E-state index contributed by atoms with van der Waals surface area (Å²) in [4.78, 5) is 23.4. The van der Waals surface area contributed by atoms with Crippen LogP contribution >= 0.6 is 0 Å². The first-order valence-electron chi connectivity index (χ1n) is 5.55. The summed E-state index contributed by atoms with van der Waals surface area (Å²) < 4.78 is 4.90. The second-order valence-corrected chi connectivity index (χ2v) is 4.31. The lowest BCUT2D eigenvalue weighted by Crippen LogP contribution is -2.60. The van der Waals surface area contributed by atoms with Crippen LogP contribution in [0.15, 0.2) is 30.3 Å². The third kappa shape index (κ3) is 1.50. The molecule has 5 nitrogen and oxygen atoms in total. The Balaban J connectivity index is 1.86. The van der Waals surface area contributed by atoms with Gasteiger partial charge >= 0.3 is 6.09 Å². The summed E-state index contributed by atoms with van der Waals surface area (Å²) in [5, 5.41) is 0. The molecule has 90 valence electrons. The summed E-state index contributed by atoms with van der Waals surface area (Å²) >= 11 is 0. The van der Waals surface area contributed by atoms with Gasteiger partial charge in [0.05, 0.1) is 6.54 Å². The van der Waals surface area contributed by atoms with Crippen molar-refractivity contribution in [3.63, 3.8) is 0 Å². The van der Waals surface area contributed by atoms with E-state index in [-0.39, 0.29) is 6.09 Å². The van der Waals surface area contributed by atoms with Crippen LogP contribution < -0.4 is 0 Å². The lowest BCUT2D eigenvalue weighted by Gasteiger charge is -2.47. The average Bonchev–Trinajstić information content (AvgIpc) is 2.74. The standard InChI is InChI=1S/C12H13NO4/c1-12(9-5-3-2-4-6-9)10(16-17-12)13-7-8-15-11(13)14/h2-6,10H,7-8H2,1H3/t10?,12-/m0/s1. The molecule has 2 heterocycles. The van der Waals surface area contributed by atoms with Gasteiger partial charge in [0.25, 0.3) is 0 Å². The molecule has 17 heavy (non-hydrogen) atoms. The van der Waals surface area contributed by atoms with Crippen LogP contribution in [-0.2, 0) is 20.1 Å². The zero-order chi connectivity index (χ0) is 11.9. The molecule has 2 aliphatic rings. The lowest BCUT2D eigenvalue weighted by molar-refractivity contribution is -0.534. The average molecular weight is 235 g/mol. The first kappa shape index (κ1) is 10.6. The Bertz CT molecular complexity index is 435. The molecule has 1 unspecified atom stereocenters. The van der Waals surface area contributed by atoms with Gasteiger partial charge in [-0.1, -0.05) is 30.3 Å². The molecule has 0 N–H and O–H groups in total. The Morgan fingerprint density at radius 3 is 2.65 bits per heavy atom. The quantitative estimate of drug-likeness (QED) is 0.731. The predicted molar refractivity (Wildman–Crippen MR) is 57.8 cm³/mol. The zero-order valence-electron chi connectivity index (χ0n) is 9.46. The Hall–Kier alpha value is -1.59. The van der Waals surface area contributed by atoms with Gasteiger partial charge in [-0.3, -0.25) is 4.90 Å². The first-order chi connectivity index (χ1) is 8.22. The molecule has 2 saturated heterocycles. The molecule has 0 aromatic heterocycles. The molecule has 2 fully saturated rings. The highest BCUT2D eigenvalue weighted by atomic mass is 17.3. The van der Waals surface area contributed by atoms with Gasteiger partial charge in [0.2, 0.25) is 6.23 Å². The van der Waals surface area contributed by atoms with Crippen molar-refractivity contribution in [1.29, 1.82) is 0 Å². The summed E-state index contributed by atoms with van der Waals surface area (Å²) in [6.07, 6.45) is -0.764. The smallest absolute Gasteiger partial charge is 0.412 e. The molecule has 2 aliphatic heterocycles. The van der Waals surface area contributed by atoms with E-state index in [0.717, 1.165) is 5.56 Å². The van der Waals surface area contributed by atoms with Gasteiger partial charge in [0.1, 0.15) is 6.61 Å². The maximum atomic E-state index is 11.5. The summed E-state index contributed by atoms with van der Waals surface area (Å²) in [5.74, 6) is 0. The second-order valence-electron chi connectivity index (χ2n) is 4.31. The van der Waals surface area contributed by atoms with E-state index >= 15 is 0 Å². The lowest BCUT2D eigenvalue weighted by atomic mass is 9.92. The fourth-order valence-electron chi connectivity index (χ4n) is 2.16. The Kier molecular flexibility index (Phi) is 2.31. The topological polar surface area (TPSA) is 48.0 Å². The van der Waals surface area contributed by atoms with Crippen LogP contribution in [0.3, 0.4) is 0 Å². The number of amides is 1. The van der Waals surface area contributed by atoms with Crippen molar-refractivity contribution in [2.45, 2.75) is 18.8 Å². The van der Waals surface area contributed by atoms with E-state index in [4.69, 9.17) is 14.5 Å². The van der Waals surface area contributed by atoms with Crippen LogP contribution in [0.4, 0.5) is 4.79 Å². The van der Waals surface area contributed by atoms with E-state index < -0.39 is 11.8 Å². The normalized spacial score (nSPS) is 32.2. The molecule has 0 radical (unpaired) electrons. The predicted octanol–water partition coefficient (Wildman–Crippen LogP) is 1.64. The number of rotatable bonds is 2. The Morgan fingerprint density at radius 2 is 2.12 bits per heavy atom. The molecule has 1 amide bonds. The van der Waals surface area contributed by atoms with Crippen molar-refractivity contribution in [1.82, 2.24) is 4.90 Å². The summed E-state index contributed by atoms with van der Waals surface area (Å²) in [6, 6.07) is 9.71. The molecule has 0 saturated carbocycles. The molecular formula is C12H13NO4. The van der Waals surface area contributed by atoms with Crippen LogP contribution in [0.2, 0.25) is 0 Å². The van der Waals surface area contributed by atoms with Gasteiger partial charge < -0.3 is 4.74 Å². The Morgan fingerprint density at radius 1 is 1.35 bits per heavy atom. The van der Waals surface area contributed by atoms with Gasteiger partial charge in [0.15, 0.2) is 5.60 Å². The monoisotopic (exact) mass is 235 g/mol. The molecular weight excluding hydrogens is 222 g/mol. The minimum Gasteiger partial charge on any atom is -0.447 e. The molecule has 1 aromatic rings. The Labute approximate surface area is 98.8 Å². The summed E-state index contributed by atoms with van der Waals surface area (Å²) in [7, 11) is 0. The van der Waals surface area contributed by atoms with Crippen LogP contribution in [-0.4, -0.2) is 30.4 Å². The number of carbonyl (C=O) groups is 1. The largest absolute Gasteiger partial charge is 0.447 e. The van der Waals surface area contributed by atoms with E-state index in [2.05, 4.69) is 0 Å². The van der Waals surface area contributed by atoms with Crippen molar-refractivity contribution in [3.05, 3.63) is 35.9 Å².